The summed E-state index contributed by atoms with van der Waals surface area (Å²) in [5.74, 6) is 0.491. The number of halogens is 2. The Bertz CT molecular complexity index is 502. The van der Waals surface area contributed by atoms with Crippen LogP contribution < -0.4 is 10.6 Å². The summed E-state index contributed by atoms with van der Waals surface area (Å²) in [4.78, 5) is 16.1. The summed E-state index contributed by atoms with van der Waals surface area (Å²) >= 11 is 6.84. The van der Waals surface area contributed by atoms with Crippen molar-refractivity contribution in [2.75, 3.05) is 6.54 Å². The minimum Gasteiger partial charge on any atom is -0.340 e. The summed E-state index contributed by atoms with van der Waals surface area (Å²) in [5.41, 5.74) is 0.907. The molecule has 0 spiro atoms. The van der Waals surface area contributed by atoms with Crippen molar-refractivity contribution in [3.63, 3.8) is 0 Å². The fourth-order valence-electron chi connectivity index (χ4n) is 1.66. The van der Waals surface area contributed by atoms with Gasteiger partial charge in [-0.3, -0.25) is 15.1 Å². The van der Waals surface area contributed by atoms with Crippen LogP contribution in [0, 0.1) is 0 Å². The van der Waals surface area contributed by atoms with Crippen molar-refractivity contribution in [3.8, 4) is 0 Å². The van der Waals surface area contributed by atoms with Crippen molar-refractivity contribution in [1.82, 2.24) is 10.6 Å². The van der Waals surface area contributed by atoms with Gasteiger partial charge in [0.25, 0.3) is 5.91 Å². The summed E-state index contributed by atoms with van der Waals surface area (Å²) in [6.45, 7) is 2.75. The van der Waals surface area contributed by atoms with Gasteiger partial charge in [0.15, 0.2) is 5.96 Å². The molecule has 18 heavy (non-hydrogen) atoms. The van der Waals surface area contributed by atoms with Crippen molar-refractivity contribution in [2.24, 2.45) is 4.99 Å². The first-order valence-electron chi connectivity index (χ1n) is 5.68. The number of rotatable bonds is 3. The highest BCUT2D eigenvalue weighted by Gasteiger charge is 2.29. The van der Waals surface area contributed by atoms with Gasteiger partial charge >= 0.3 is 0 Å². The second kappa shape index (κ2) is 5.84. The summed E-state index contributed by atoms with van der Waals surface area (Å²) in [6.07, 6.45) is 0.954. The fourth-order valence-corrected chi connectivity index (χ4v) is 2.31. The van der Waals surface area contributed by atoms with Crippen molar-refractivity contribution in [2.45, 2.75) is 19.4 Å². The van der Waals surface area contributed by atoms with E-state index in [2.05, 4.69) is 47.5 Å². The van der Waals surface area contributed by atoms with Gasteiger partial charge in [-0.25, -0.2) is 0 Å². The maximum atomic E-state index is 11.9. The molecule has 6 heteroatoms. The number of hydrogen-bond acceptors (Lipinski definition) is 2. The largest absolute Gasteiger partial charge is 0.340 e. The monoisotopic (exact) mass is 373 g/mol. The molecule has 0 aliphatic carbocycles. The van der Waals surface area contributed by atoms with Crippen LogP contribution in [-0.2, 0) is 4.79 Å². The van der Waals surface area contributed by atoms with Gasteiger partial charge in [0, 0.05) is 15.5 Å². The van der Waals surface area contributed by atoms with Gasteiger partial charge in [-0.15, -0.1) is 0 Å². The Labute approximate surface area is 123 Å². The Morgan fingerprint density at radius 1 is 1.33 bits per heavy atom. The Morgan fingerprint density at radius 2 is 2.11 bits per heavy atom. The number of aliphatic imine (C=N–C) groups is 1. The van der Waals surface area contributed by atoms with Crippen molar-refractivity contribution in [3.05, 3.63) is 32.7 Å². The Balaban J connectivity index is 2.19. The zero-order valence-electron chi connectivity index (χ0n) is 9.84. The molecule has 1 heterocycles. The van der Waals surface area contributed by atoms with Crippen LogP contribution in [0.3, 0.4) is 0 Å². The third kappa shape index (κ3) is 2.92. The van der Waals surface area contributed by atoms with Gasteiger partial charge in [-0.1, -0.05) is 13.0 Å². The number of benzene rings is 1. The van der Waals surface area contributed by atoms with Gasteiger partial charge in [-0.2, -0.15) is 0 Å². The van der Waals surface area contributed by atoms with Crippen LogP contribution in [0.1, 0.15) is 24.9 Å². The van der Waals surface area contributed by atoms with E-state index >= 15 is 0 Å². The number of nitrogens with one attached hydrogen (secondary N) is 2. The molecule has 96 valence electrons. The van der Waals surface area contributed by atoms with Crippen LogP contribution in [0.4, 0.5) is 0 Å². The number of carbonyl (C=O) groups excluding carboxylic acids is 1. The van der Waals surface area contributed by atoms with Crippen molar-refractivity contribution in [1.29, 1.82) is 0 Å². The number of carbonyl (C=O) groups is 1. The van der Waals surface area contributed by atoms with Crippen LogP contribution in [-0.4, -0.2) is 18.4 Å². The highest BCUT2D eigenvalue weighted by Crippen LogP contribution is 2.27. The number of hydrogen-bond donors (Lipinski definition) is 2. The molecule has 0 radical (unpaired) electrons. The zero-order valence-corrected chi connectivity index (χ0v) is 13.0. The van der Waals surface area contributed by atoms with E-state index in [0.29, 0.717) is 12.5 Å². The normalized spacial score (nSPS) is 20.9. The molecule has 1 aromatic carbocycles. The molecule has 1 unspecified atom stereocenters. The fraction of sp³-hybridized carbons (Fsp3) is 0.333. The van der Waals surface area contributed by atoms with E-state index in [9.17, 15) is 4.79 Å². The van der Waals surface area contributed by atoms with E-state index in [4.69, 9.17) is 0 Å². The molecule has 1 saturated heterocycles. The number of amides is 1. The van der Waals surface area contributed by atoms with Gasteiger partial charge in [0.1, 0.15) is 6.04 Å². The first-order valence-corrected chi connectivity index (χ1v) is 7.27. The van der Waals surface area contributed by atoms with Gasteiger partial charge in [0.05, 0.1) is 0 Å². The van der Waals surface area contributed by atoms with E-state index in [0.717, 1.165) is 20.9 Å². The highest BCUT2D eigenvalue weighted by atomic mass is 79.9. The molecule has 1 amide bonds. The zero-order chi connectivity index (χ0) is 13.1. The molecule has 1 fully saturated rings. The average molecular weight is 375 g/mol. The summed E-state index contributed by atoms with van der Waals surface area (Å²) in [6, 6.07) is 5.37. The van der Waals surface area contributed by atoms with Crippen LogP contribution in [0.2, 0.25) is 0 Å². The maximum Gasteiger partial charge on any atom is 0.253 e. The van der Waals surface area contributed by atoms with E-state index in [1.165, 1.54) is 0 Å². The molecule has 4 nitrogen and oxygen atoms in total. The third-order valence-electron chi connectivity index (χ3n) is 2.56. The lowest BCUT2D eigenvalue weighted by atomic mass is 10.1. The summed E-state index contributed by atoms with van der Waals surface area (Å²) in [5, 5.41) is 5.84. The van der Waals surface area contributed by atoms with E-state index in [1.807, 2.05) is 25.1 Å². The second-order valence-corrected chi connectivity index (χ2v) is 5.68. The van der Waals surface area contributed by atoms with Crippen LogP contribution in [0.5, 0.6) is 0 Å². The predicted molar refractivity (Wildman–Crippen MR) is 78.5 cm³/mol. The summed E-state index contributed by atoms with van der Waals surface area (Å²) in [7, 11) is 0. The van der Waals surface area contributed by atoms with Crippen molar-refractivity contribution < 1.29 is 4.79 Å². The molecule has 0 saturated carbocycles. The lowest BCUT2D eigenvalue weighted by Gasteiger charge is -2.09. The maximum absolute atomic E-state index is 11.9. The van der Waals surface area contributed by atoms with Crippen molar-refractivity contribution >= 4 is 43.7 Å². The van der Waals surface area contributed by atoms with Gasteiger partial charge < -0.3 is 5.32 Å². The number of nitrogens with zero attached hydrogens (tertiary/aromatic N) is 1. The van der Waals surface area contributed by atoms with E-state index in [1.54, 1.807) is 0 Å². The molecule has 1 aliphatic rings. The van der Waals surface area contributed by atoms with Crippen LogP contribution >= 0.6 is 31.9 Å². The molecule has 2 rings (SSSR count). The Hall–Kier alpha value is -0.880. The molecule has 2 N–H and O–H groups in total. The minimum atomic E-state index is -0.370. The lowest BCUT2D eigenvalue weighted by Crippen LogP contribution is -2.25. The Kier molecular flexibility index (Phi) is 4.40. The van der Waals surface area contributed by atoms with E-state index in [-0.39, 0.29) is 11.9 Å². The van der Waals surface area contributed by atoms with Crippen LogP contribution in [0.25, 0.3) is 0 Å². The second-order valence-electron chi connectivity index (χ2n) is 3.97. The smallest absolute Gasteiger partial charge is 0.253 e. The van der Waals surface area contributed by atoms with Gasteiger partial charge in [-0.05, 0) is 56.0 Å². The SMILES string of the molecule is CCCN=C1NC(=O)C(c2ccc(Br)c(Br)c2)N1. The molecule has 0 bridgehead atoms. The Morgan fingerprint density at radius 3 is 2.78 bits per heavy atom. The average Bonchev–Trinajstić information content (AvgIpc) is 2.71. The van der Waals surface area contributed by atoms with Crippen LogP contribution in [0.15, 0.2) is 32.1 Å². The quantitative estimate of drug-likeness (QED) is 0.854. The summed E-state index contributed by atoms with van der Waals surface area (Å²) < 4.78 is 1.89. The van der Waals surface area contributed by atoms with Gasteiger partial charge in [0.2, 0.25) is 0 Å². The molecule has 0 aromatic heterocycles. The highest BCUT2D eigenvalue weighted by molar-refractivity contribution is 9.13. The molecule has 1 aliphatic heterocycles. The molecular weight excluding hydrogens is 362 g/mol. The first-order chi connectivity index (χ1) is 8.61. The number of guanidine groups is 1. The standard InChI is InChI=1S/C12H13Br2N3O/c1-2-5-15-12-16-10(11(18)17-12)7-3-4-8(13)9(14)6-7/h3-4,6,10H,2,5H2,1H3,(H2,15,16,17,18). The third-order valence-corrected chi connectivity index (χ3v) is 4.44. The first kappa shape index (κ1) is 13.5. The molecule has 1 aromatic rings. The van der Waals surface area contributed by atoms with E-state index < -0.39 is 0 Å². The molecule has 1 atom stereocenters. The molecular formula is C12H13Br2N3O. The predicted octanol–water partition coefficient (Wildman–Crippen LogP) is 2.74. The minimum absolute atomic E-state index is 0.0703. The topological polar surface area (TPSA) is 53.5 Å². The lowest BCUT2D eigenvalue weighted by molar-refractivity contribution is -0.120.